The Hall–Kier alpha value is -0.970. The van der Waals surface area contributed by atoms with E-state index in [1.54, 1.807) is 24.4 Å². The molecule has 0 aliphatic heterocycles. The first kappa shape index (κ1) is 16.4. The molecule has 112 valence electrons. The highest BCUT2D eigenvalue weighted by Gasteiger charge is 2.18. The monoisotopic (exact) mass is 370 g/mol. The first-order valence-corrected chi connectivity index (χ1v) is 8.07. The first-order chi connectivity index (χ1) is 10.1. The zero-order valence-corrected chi connectivity index (χ0v) is 14.1. The molecule has 1 unspecified atom stereocenters. The van der Waals surface area contributed by atoms with Crippen LogP contribution < -0.4 is 5.32 Å². The highest BCUT2D eigenvalue weighted by molar-refractivity contribution is 9.10. The summed E-state index contributed by atoms with van der Waals surface area (Å²) in [7, 11) is 0. The molecule has 1 heterocycles. The Labute approximate surface area is 137 Å². The van der Waals surface area contributed by atoms with Crippen LogP contribution in [0.3, 0.4) is 0 Å². The van der Waals surface area contributed by atoms with Crippen LogP contribution in [0.2, 0.25) is 5.02 Å². The van der Waals surface area contributed by atoms with Crippen molar-refractivity contribution in [2.75, 3.05) is 6.54 Å². The average molecular weight is 372 g/mol. The summed E-state index contributed by atoms with van der Waals surface area (Å²) in [6.45, 7) is 2.94. The molecule has 5 heteroatoms. The van der Waals surface area contributed by atoms with Crippen molar-refractivity contribution in [2.24, 2.45) is 0 Å². The van der Waals surface area contributed by atoms with Crippen molar-refractivity contribution in [1.82, 2.24) is 10.3 Å². The Bertz CT molecular complexity index is 607. The number of rotatable bonds is 6. The van der Waals surface area contributed by atoms with Gasteiger partial charge in [-0.15, -0.1) is 0 Å². The van der Waals surface area contributed by atoms with E-state index in [-0.39, 0.29) is 16.9 Å². The van der Waals surface area contributed by atoms with E-state index >= 15 is 0 Å². The summed E-state index contributed by atoms with van der Waals surface area (Å²) in [4.78, 5) is 4.41. The zero-order chi connectivity index (χ0) is 15.2. The summed E-state index contributed by atoms with van der Waals surface area (Å²) in [5, 5.41) is 3.57. The Kier molecular flexibility index (Phi) is 6.15. The smallest absolute Gasteiger partial charge is 0.145 e. The first-order valence-electron chi connectivity index (χ1n) is 6.90. The Morgan fingerprint density at radius 3 is 2.86 bits per heavy atom. The maximum Gasteiger partial charge on any atom is 0.145 e. The molecule has 0 saturated carbocycles. The molecule has 0 radical (unpaired) electrons. The number of halogens is 3. The van der Waals surface area contributed by atoms with Crippen molar-refractivity contribution >= 4 is 27.5 Å². The molecule has 0 spiro atoms. The van der Waals surface area contributed by atoms with Gasteiger partial charge in [0.25, 0.3) is 0 Å². The van der Waals surface area contributed by atoms with E-state index < -0.39 is 0 Å². The van der Waals surface area contributed by atoms with Gasteiger partial charge in [0, 0.05) is 10.7 Å². The van der Waals surface area contributed by atoms with E-state index in [2.05, 4.69) is 33.2 Å². The molecule has 0 aliphatic carbocycles. The number of aromatic nitrogens is 1. The number of benzene rings is 1. The van der Waals surface area contributed by atoms with Gasteiger partial charge in [-0.25, -0.2) is 4.39 Å². The fourth-order valence-electron chi connectivity index (χ4n) is 2.16. The molecular formula is C16H17BrClFN2. The second kappa shape index (κ2) is 7.87. The maximum absolute atomic E-state index is 14.1. The Morgan fingerprint density at radius 2 is 2.14 bits per heavy atom. The Morgan fingerprint density at radius 1 is 1.33 bits per heavy atom. The van der Waals surface area contributed by atoms with Crippen molar-refractivity contribution in [2.45, 2.75) is 25.8 Å². The number of nitrogens with one attached hydrogen (secondary N) is 1. The van der Waals surface area contributed by atoms with Gasteiger partial charge in [-0.2, -0.15) is 0 Å². The van der Waals surface area contributed by atoms with Gasteiger partial charge in [0.2, 0.25) is 0 Å². The van der Waals surface area contributed by atoms with Crippen LogP contribution in [0.25, 0.3) is 0 Å². The molecule has 2 nitrogen and oxygen atoms in total. The van der Waals surface area contributed by atoms with E-state index in [1.165, 1.54) is 0 Å². The number of hydrogen-bond donors (Lipinski definition) is 1. The quantitative estimate of drug-likeness (QED) is 0.779. The Balaban J connectivity index is 2.28. The van der Waals surface area contributed by atoms with Gasteiger partial charge in [-0.3, -0.25) is 4.98 Å². The van der Waals surface area contributed by atoms with E-state index in [9.17, 15) is 4.39 Å². The molecular weight excluding hydrogens is 355 g/mol. The van der Waals surface area contributed by atoms with E-state index in [0.29, 0.717) is 12.0 Å². The van der Waals surface area contributed by atoms with Gasteiger partial charge in [0.15, 0.2) is 0 Å². The summed E-state index contributed by atoms with van der Waals surface area (Å²) in [6.07, 6.45) is 3.25. The molecule has 0 bridgehead atoms. The third kappa shape index (κ3) is 4.25. The third-order valence-electron chi connectivity index (χ3n) is 3.21. The molecule has 2 aromatic rings. The summed E-state index contributed by atoms with van der Waals surface area (Å²) < 4.78 is 15.0. The van der Waals surface area contributed by atoms with Crippen LogP contribution in [0.15, 0.2) is 41.0 Å². The summed E-state index contributed by atoms with van der Waals surface area (Å²) in [5.74, 6) is -0.352. The second-order valence-electron chi connectivity index (χ2n) is 4.79. The van der Waals surface area contributed by atoms with Gasteiger partial charge in [0.05, 0.1) is 16.8 Å². The fraction of sp³-hybridized carbons (Fsp3) is 0.312. The van der Waals surface area contributed by atoms with Gasteiger partial charge < -0.3 is 5.32 Å². The minimum absolute atomic E-state index is 0.0616. The minimum atomic E-state index is -0.352. The van der Waals surface area contributed by atoms with Crippen molar-refractivity contribution in [1.29, 1.82) is 0 Å². The van der Waals surface area contributed by atoms with E-state index in [4.69, 9.17) is 11.6 Å². The van der Waals surface area contributed by atoms with Crippen molar-refractivity contribution in [3.05, 3.63) is 63.1 Å². The van der Waals surface area contributed by atoms with Crippen LogP contribution in [0, 0.1) is 5.82 Å². The highest BCUT2D eigenvalue weighted by atomic mass is 79.9. The van der Waals surface area contributed by atoms with Crippen molar-refractivity contribution in [3.8, 4) is 0 Å². The van der Waals surface area contributed by atoms with Crippen LogP contribution in [0.1, 0.15) is 30.6 Å². The SMILES string of the molecule is CCCNC(Cc1cccc(Cl)c1F)c1ncccc1Br. The predicted molar refractivity (Wildman–Crippen MR) is 88.1 cm³/mol. The maximum atomic E-state index is 14.1. The number of nitrogens with zero attached hydrogens (tertiary/aromatic N) is 1. The summed E-state index contributed by atoms with van der Waals surface area (Å²) in [6, 6.07) is 8.84. The molecule has 0 amide bonds. The molecule has 1 aromatic carbocycles. The molecule has 1 N–H and O–H groups in total. The zero-order valence-electron chi connectivity index (χ0n) is 11.7. The number of pyridine rings is 1. The fourth-order valence-corrected chi connectivity index (χ4v) is 2.89. The standard InChI is InChI=1S/C16H17BrClFN2/c1-2-8-20-14(16-12(17)6-4-9-21-16)10-11-5-3-7-13(18)15(11)19/h3-7,9,14,20H,2,8,10H2,1H3. The third-order valence-corrected chi connectivity index (χ3v) is 4.18. The predicted octanol–water partition coefficient (Wildman–Crippen LogP) is 4.92. The van der Waals surface area contributed by atoms with Crippen LogP contribution in [-0.4, -0.2) is 11.5 Å². The van der Waals surface area contributed by atoms with Crippen LogP contribution in [-0.2, 0) is 6.42 Å². The topological polar surface area (TPSA) is 24.9 Å². The lowest BCUT2D eigenvalue weighted by Gasteiger charge is -2.20. The van der Waals surface area contributed by atoms with Gasteiger partial charge in [-0.1, -0.05) is 30.7 Å². The molecule has 2 rings (SSSR count). The largest absolute Gasteiger partial charge is 0.308 e. The average Bonchev–Trinajstić information content (AvgIpc) is 2.48. The second-order valence-corrected chi connectivity index (χ2v) is 6.06. The molecule has 0 aliphatic rings. The van der Waals surface area contributed by atoms with E-state index in [1.807, 2.05) is 12.1 Å². The molecule has 1 atom stereocenters. The lowest BCUT2D eigenvalue weighted by atomic mass is 10.0. The normalized spacial score (nSPS) is 12.4. The number of hydrogen-bond acceptors (Lipinski definition) is 2. The highest BCUT2D eigenvalue weighted by Crippen LogP contribution is 2.27. The van der Waals surface area contributed by atoms with Crippen molar-refractivity contribution in [3.63, 3.8) is 0 Å². The van der Waals surface area contributed by atoms with Gasteiger partial charge >= 0.3 is 0 Å². The molecule has 0 fully saturated rings. The van der Waals surface area contributed by atoms with Gasteiger partial charge in [0.1, 0.15) is 5.82 Å². The van der Waals surface area contributed by atoms with Gasteiger partial charge in [-0.05, 0) is 59.1 Å². The molecule has 0 saturated heterocycles. The minimum Gasteiger partial charge on any atom is -0.308 e. The lowest BCUT2D eigenvalue weighted by Crippen LogP contribution is -2.25. The van der Waals surface area contributed by atoms with Crippen LogP contribution in [0.5, 0.6) is 0 Å². The van der Waals surface area contributed by atoms with Crippen LogP contribution >= 0.6 is 27.5 Å². The van der Waals surface area contributed by atoms with Crippen molar-refractivity contribution < 1.29 is 4.39 Å². The van der Waals surface area contributed by atoms with E-state index in [0.717, 1.165) is 23.1 Å². The lowest BCUT2D eigenvalue weighted by molar-refractivity contribution is 0.502. The molecule has 21 heavy (non-hydrogen) atoms. The molecule has 1 aromatic heterocycles. The summed E-state index contributed by atoms with van der Waals surface area (Å²) in [5.41, 5.74) is 1.47. The summed E-state index contributed by atoms with van der Waals surface area (Å²) >= 11 is 9.37. The van der Waals surface area contributed by atoms with Crippen LogP contribution in [0.4, 0.5) is 4.39 Å².